The van der Waals surface area contributed by atoms with E-state index < -0.39 is 0 Å². The first-order valence-electron chi connectivity index (χ1n) is 3.31. The molecule has 6 heavy (non-hydrogen) atoms. The molecule has 0 aliphatic heterocycles. The van der Waals surface area contributed by atoms with Gasteiger partial charge in [0.25, 0.3) is 0 Å². The maximum atomic E-state index is 7.21. The van der Waals surface area contributed by atoms with Crippen molar-refractivity contribution in [2.24, 2.45) is 5.41 Å². The van der Waals surface area contributed by atoms with Gasteiger partial charge in [-0.3, -0.25) is 0 Å². The van der Waals surface area contributed by atoms with E-state index in [1.54, 1.807) is 0 Å². The van der Waals surface area contributed by atoms with Crippen molar-refractivity contribution in [2.75, 3.05) is 0 Å². The molecule has 0 heterocycles. The summed E-state index contributed by atoms with van der Waals surface area (Å²) in [4.78, 5) is 0. The quantitative estimate of drug-likeness (QED) is 0.420. The highest BCUT2D eigenvalue weighted by Gasteiger charge is 2.46. The van der Waals surface area contributed by atoms with Crippen LogP contribution in [-0.2, 0) is 0 Å². The lowest BCUT2D eigenvalue weighted by Crippen LogP contribution is -2.10. The van der Waals surface area contributed by atoms with Gasteiger partial charge in [-0.15, -0.1) is 0 Å². The summed E-state index contributed by atoms with van der Waals surface area (Å²) in [7, 11) is 0. The lowest BCUT2D eigenvalue weighted by Gasteiger charge is -2.23. The van der Waals surface area contributed by atoms with Crippen LogP contribution in [0.1, 0.15) is 33.5 Å². The Hall–Kier alpha value is 0. The summed E-state index contributed by atoms with van der Waals surface area (Å²) in [5, 5.41) is 0. The second-order valence-corrected chi connectivity index (χ2v) is 2.70. The fourth-order valence-electron chi connectivity index (χ4n) is 1.14. The van der Waals surface area contributed by atoms with E-state index in [2.05, 4.69) is 0 Å². The molecule has 0 heteroatoms. The van der Waals surface area contributed by atoms with Crippen molar-refractivity contribution in [1.82, 2.24) is 0 Å². The van der Waals surface area contributed by atoms with Crippen LogP contribution in [0.25, 0.3) is 0 Å². The maximum Gasteiger partial charge on any atom is 0.0267 e. The monoisotopic (exact) mass is 83.1 g/mol. The minimum absolute atomic E-state index is 0.322. The predicted octanol–water partition coefficient (Wildman–Crippen LogP) is 1.95. The topological polar surface area (TPSA) is 0 Å². The Morgan fingerprint density at radius 3 is 2.00 bits per heavy atom. The van der Waals surface area contributed by atoms with E-state index in [9.17, 15) is 0 Å². The van der Waals surface area contributed by atoms with Crippen molar-refractivity contribution in [3.05, 3.63) is 0 Å². The van der Waals surface area contributed by atoms with E-state index in [1.165, 1.54) is 25.7 Å². The molecular formula is C6H10. The molecule has 2 rings (SSSR count). The largest absolute Gasteiger partial charge is 0.0522 e. The molecule has 0 aromatic carbocycles. The minimum atomic E-state index is 0.322. The molecule has 0 bridgehead atoms. The van der Waals surface area contributed by atoms with E-state index in [1.807, 2.05) is 0 Å². The Morgan fingerprint density at radius 2 is 1.83 bits per heavy atom. The van der Waals surface area contributed by atoms with Crippen molar-refractivity contribution >= 4 is 0 Å². The van der Waals surface area contributed by atoms with Crippen LogP contribution in [0.15, 0.2) is 0 Å². The van der Waals surface area contributed by atoms with Crippen LogP contribution >= 0.6 is 0 Å². The van der Waals surface area contributed by atoms with Gasteiger partial charge in [0.2, 0.25) is 0 Å². The third-order valence-electron chi connectivity index (χ3n) is 2.11. The molecule has 2 fully saturated rings. The third kappa shape index (κ3) is 0.213. The number of hydrogen-bond donors (Lipinski definition) is 0. The van der Waals surface area contributed by atoms with E-state index >= 15 is 0 Å². The van der Waals surface area contributed by atoms with Gasteiger partial charge < -0.3 is 0 Å². The summed E-state index contributed by atoms with van der Waals surface area (Å²) in [5.74, 6) is 0. The minimum Gasteiger partial charge on any atom is -0.0522 e. The molecule has 0 nitrogen and oxygen atoms in total. The van der Waals surface area contributed by atoms with Gasteiger partial charge in [0.05, 0.1) is 0 Å². The SMILES string of the molecule is [2H]C1CC2(CC2)C1. The second-order valence-electron chi connectivity index (χ2n) is 2.70. The molecule has 2 aliphatic carbocycles. The molecule has 1 spiro atoms. The van der Waals surface area contributed by atoms with Gasteiger partial charge in [0.1, 0.15) is 0 Å². The van der Waals surface area contributed by atoms with E-state index in [0.29, 0.717) is 6.40 Å². The van der Waals surface area contributed by atoms with Crippen LogP contribution in [-0.4, -0.2) is 0 Å². The lowest BCUT2D eigenvalue weighted by atomic mass is 9.82. The molecule has 0 aromatic heterocycles. The average Bonchev–Trinajstić information content (AvgIpc) is 2.14. The van der Waals surface area contributed by atoms with Gasteiger partial charge in [-0.25, -0.2) is 0 Å². The van der Waals surface area contributed by atoms with Gasteiger partial charge in [-0.1, -0.05) is 6.40 Å². The van der Waals surface area contributed by atoms with Crippen molar-refractivity contribution in [2.45, 2.75) is 32.1 Å². The highest BCUT2D eigenvalue weighted by molar-refractivity contribution is 4.98. The van der Waals surface area contributed by atoms with Gasteiger partial charge in [-0.05, 0) is 31.1 Å². The van der Waals surface area contributed by atoms with Crippen LogP contribution in [0, 0.1) is 5.41 Å². The van der Waals surface area contributed by atoms with Crippen LogP contribution in [0.4, 0.5) is 0 Å². The molecule has 0 radical (unpaired) electrons. The summed E-state index contributed by atoms with van der Waals surface area (Å²) in [6, 6.07) is 0. The summed E-state index contributed by atoms with van der Waals surface area (Å²) in [6.07, 6.45) is 5.62. The maximum absolute atomic E-state index is 7.21. The van der Waals surface area contributed by atoms with Crippen LogP contribution < -0.4 is 0 Å². The predicted molar refractivity (Wildman–Crippen MR) is 25.5 cm³/mol. The molecule has 0 unspecified atom stereocenters. The molecule has 0 aromatic rings. The zero-order valence-corrected chi connectivity index (χ0v) is 3.91. The van der Waals surface area contributed by atoms with Crippen molar-refractivity contribution in [3.63, 3.8) is 0 Å². The van der Waals surface area contributed by atoms with Crippen LogP contribution in [0.2, 0.25) is 0 Å². The fourth-order valence-corrected chi connectivity index (χ4v) is 1.14. The molecular weight excluding hydrogens is 72.1 g/mol. The Labute approximate surface area is 40.0 Å². The average molecular weight is 83.2 g/mol. The second kappa shape index (κ2) is 0.661. The molecule has 0 amide bonds. The highest BCUT2D eigenvalue weighted by Crippen LogP contribution is 2.60. The molecule has 0 atom stereocenters. The van der Waals surface area contributed by atoms with Gasteiger partial charge in [-0.2, -0.15) is 0 Å². The van der Waals surface area contributed by atoms with Crippen molar-refractivity contribution < 1.29 is 1.37 Å². The Bertz CT molecular complexity index is 86.4. The molecule has 2 saturated carbocycles. The Morgan fingerprint density at radius 1 is 1.17 bits per heavy atom. The van der Waals surface area contributed by atoms with Crippen molar-refractivity contribution in [1.29, 1.82) is 0 Å². The zero-order chi connectivity index (χ0) is 4.91. The smallest absolute Gasteiger partial charge is 0.0267 e. The first-order valence-corrected chi connectivity index (χ1v) is 2.73. The van der Waals surface area contributed by atoms with Gasteiger partial charge in [0.15, 0.2) is 0 Å². The summed E-state index contributed by atoms with van der Waals surface area (Å²) < 4.78 is 7.21. The van der Waals surface area contributed by atoms with Crippen molar-refractivity contribution in [3.8, 4) is 0 Å². The molecule has 0 saturated heterocycles. The van der Waals surface area contributed by atoms with Crippen LogP contribution in [0.3, 0.4) is 0 Å². The van der Waals surface area contributed by atoms with E-state index in [-0.39, 0.29) is 0 Å². The molecule has 0 N–H and O–H groups in total. The zero-order valence-electron chi connectivity index (χ0n) is 4.91. The lowest BCUT2D eigenvalue weighted by molar-refractivity contribution is 0.289. The van der Waals surface area contributed by atoms with E-state index in [0.717, 1.165) is 5.41 Å². The summed E-state index contributed by atoms with van der Waals surface area (Å²) in [6.45, 7) is 0. The Kier molecular flexibility index (Phi) is 0.258. The van der Waals surface area contributed by atoms with Crippen LogP contribution in [0.5, 0.6) is 0 Å². The summed E-state index contributed by atoms with van der Waals surface area (Å²) >= 11 is 0. The Balaban J connectivity index is 1.97. The molecule has 34 valence electrons. The number of hydrogen-bond acceptors (Lipinski definition) is 0. The molecule has 2 aliphatic rings. The first kappa shape index (κ1) is 2.34. The van der Waals surface area contributed by atoms with Gasteiger partial charge in [0, 0.05) is 1.37 Å². The standard InChI is InChI=1S/C6H10/c1-2-6(3-1)4-5-6/h1-5H2/i1D. The fraction of sp³-hybridized carbons (Fsp3) is 1.00. The highest BCUT2D eigenvalue weighted by atomic mass is 14.5. The van der Waals surface area contributed by atoms with Gasteiger partial charge >= 0.3 is 0 Å². The third-order valence-corrected chi connectivity index (χ3v) is 2.11. The normalized spacial score (nSPS) is 41.7. The first-order chi connectivity index (χ1) is 3.31. The summed E-state index contributed by atoms with van der Waals surface area (Å²) in [5.41, 5.74) is 0.756. The van der Waals surface area contributed by atoms with E-state index in [4.69, 9.17) is 1.37 Å². The number of rotatable bonds is 0.